The first-order chi connectivity index (χ1) is 8.61. The van der Waals surface area contributed by atoms with Crippen LogP contribution in [0.25, 0.3) is 6.08 Å². The third-order valence-corrected chi connectivity index (χ3v) is 2.27. The van der Waals surface area contributed by atoms with Crippen LogP contribution in [0.15, 0.2) is 30.3 Å². The van der Waals surface area contributed by atoms with Crippen LogP contribution in [0.4, 0.5) is 0 Å². The average Bonchev–Trinajstić information content (AvgIpc) is 2.34. The third-order valence-electron chi connectivity index (χ3n) is 2.27. The highest BCUT2D eigenvalue weighted by Gasteiger charge is 2.00. The number of carbonyl (C=O) groups excluding carboxylic acids is 2. The predicted molar refractivity (Wildman–Crippen MR) is 71.9 cm³/mol. The molecule has 4 heteroatoms. The van der Waals surface area contributed by atoms with Crippen molar-refractivity contribution < 1.29 is 9.59 Å². The Kier molecular flexibility index (Phi) is 5.64. The number of hydrogen-bond acceptors (Lipinski definition) is 2. The molecule has 0 heterocycles. The van der Waals surface area contributed by atoms with Crippen LogP contribution in [0, 0.1) is 6.92 Å². The summed E-state index contributed by atoms with van der Waals surface area (Å²) < 4.78 is 0. The van der Waals surface area contributed by atoms with Crippen LogP contribution in [0.5, 0.6) is 0 Å². The van der Waals surface area contributed by atoms with Crippen molar-refractivity contribution in [3.05, 3.63) is 41.5 Å². The van der Waals surface area contributed by atoms with Gasteiger partial charge in [0.1, 0.15) is 0 Å². The van der Waals surface area contributed by atoms with Gasteiger partial charge in [-0.3, -0.25) is 9.59 Å². The smallest absolute Gasteiger partial charge is 0.244 e. The van der Waals surface area contributed by atoms with Gasteiger partial charge in [0.2, 0.25) is 11.8 Å². The van der Waals surface area contributed by atoms with Gasteiger partial charge in [-0.15, -0.1) is 0 Å². The number of nitrogens with one attached hydrogen (secondary N) is 2. The number of amides is 2. The van der Waals surface area contributed by atoms with Gasteiger partial charge in [-0.1, -0.05) is 29.8 Å². The van der Waals surface area contributed by atoms with Gasteiger partial charge in [-0.2, -0.15) is 0 Å². The molecule has 0 aromatic heterocycles. The summed E-state index contributed by atoms with van der Waals surface area (Å²) in [7, 11) is 0. The van der Waals surface area contributed by atoms with Crippen LogP contribution in [-0.4, -0.2) is 24.9 Å². The van der Waals surface area contributed by atoms with Crippen molar-refractivity contribution in [2.75, 3.05) is 13.1 Å². The van der Waals surface area contributed by atoms with Gasteiger partial charge in [0.15, 0.2) is 0 Å². The van der Waals surface area contributed by atoms with Crippen molar-refractivity contribution in [1.82, 2.24) is 10.6 Å². The summed E-state index contributed by atoms with van der Waals surface area (Å²) in [5.41, 5.74) is 2.10. The fourth-order valence-corrected chi connectivity index (χ4v) is 1.43. The molecule has 2 N–H and O–H groups in total. The molecule has 0 radical (unpaired) electrons. The molecule has 1 aromatic carbocycles. The summed E-state index contributed by atoms with van der Waals surface area (Å²) in [5.74, 6) is -0.461. The second-order valence-electron chi connectivity index (χ2n) is 3.92. The lowest BCUT2D eigenvalue weighted by Gasteiger charge is -2.02. The van der Waals surface area contributed by atoms with Crippen LogP contribution in [0.2, 0.25) is 0 Å². The second-order valence-corrected chi connectivity index (χ2v) is 3.92. The Hall–Kier alpha value is -2.10. The van der Waals surface area contributed by atoms with Gasteiger partial charge < -0.3 is 10.6 Å². The first-order valence-electron chi connectivity index (χ1n) is 5.91. The zero-order valence-corrected chi connectivity index (χ0v) is 10.7. The Morgan fingerprint density at radius 1 is 1.28 bits per heavy atom. The minimum absolute atomic E-state index is 0.00479. The molecule has 0 aliphatic rings. The lowest BCUT2D eigenvalue weighted by molar-refractivity contribution is -0.123. The Morgan fingerprint density at radius 2 is 2.06 bits per heavy atom. The highest BCUT2D eigenvalue weighted by molar-refractivity contribution is 5.94. The van der Waals surface area contributed by atoms with E-state index in [-0.39, 0.29) is 18.4 Å². The molecule has 4 nitrogen and oxygen atoms in total. The van der Waals surface area contributed by atoms with Gasteiger partial charge in [0.25, 0.3) is 0 Å². The summed E-state index contributed by atoms with van der Waals surface area (Å²) in [6.45, 7) is 4.39. The Bertz CT molecular complexity index is 453. The van der Waals surface area contributed by atoms with Gasteiger partial charge >= 0.3 is 0 Å². The van der Waals surface area contributed by atoms with E-state index in [1.807, 2.05) is 38.1 Å². The van der Waals surface area contributed by atoms with E-state index in [9.17, 15) is 9.59 Å². The molecule has 2 amide bonds. The molecule has 0 aliphatic carbocycles. The fraction of sp³-hybridized carbons (Fsp3) is 0.286. The van der Waals surface area contributed by atoms with Crippen molar-refractivity contribution >= 4 is 17.9 Å². The van der Waals surface area contributed by atoms with Crippen LogP contribution < -0.4 is 10.6 Å². The van der Waals surface area contributed by atoms with E-state index in [1.165, 1.54) is 6.08 Å². The van der Waals surface area contributed by atoms with Crippen LogP contribution in [0.3, 0.4) is 0 Å². The zero-order valence-electron chi connectivity index (χ0n) is 10.7. The van der Waals surface area contributed by atoms with E-state index in [4.69, 9.17) is 0 Å². The monoisotopic (exact) mass is 246 g/mol. The molecule has 96 valence electrons. The molecule has 0 aliphatic heterocycles. The van der Waals surface area contributed by atoms with E-state index in [1.54, 1.807) is 6.08 Å². The molecule has 1 rings (SSSR count). The number of rotatable bonds is 5. The van der Waals surface area contributed by atoms with E-state index >= 15 is 0 Å². The van der Waals surface area contributed by atoms with Crippen molar-refractivity contribution in [3.8, 4) is 0 Å². The summed E-state index contributed by atoms with van der Waals surface area (Å²) in [6, 6.07) is 7.82. The van der Waals surface area contributed by atoms with E-state index in [0.29, 0.717) is 6.54 Å². The highest BCUT2D eigenvalue weighted by Crippen LogP contribution is 2.05. The maximum atomic E-state index is 11.4. The molecular formula is C14H18N2O2. The second kappa shape index (κ2) is 7.27. The van der Waals surface area contributed by atoms with Gasteiger partial charge in [0.05, 0.1) is 6.54 Å². The standard InChI is InChI=1S/C14H18N2O2/c1-3-15-14(18)10-16-13(17)8-7-12-6-4-5-11(2)9-12/h4-9H,3,10H2,1-2H3,(H,15,18)(H,16,17)/b8-7+. The molecule has 0 saturated carbocycles. The number of hydrogen-bond donors (Lipinski definition) is 2. The number of carbonyl (C=O) groups is 2. The maximum absolute atomic E-state index is 11.4. The van der Waals surface area contributed by atoms with Crippen molar-refractivity contribution in [3.63, 3.8) is 0 Å². The normalized spacial score (nSPS) is 10.3. The third kappa shape index (κ3) is 5.30. The molecular weight excluding hydrogens is 228 g/mol. The van der Waals surface area contributed by atoms with Crippen LogP contribution >= 0.6 is 0 Å². The van der Waals surface area contributed by atoms with Gasteiger partial charge in [-0.05, 0) is 25.5 Å². The summed E-state index contributed by atoms with van der Waals surface area (Å²) in [6.07, 6.45) is 3.15. The zero-order chi connectivity index (χ0) is 13.4. The number of aryl methyl sites for hydroxylation is 1. The molecule has 1 aromatic rings. The van der Waals surface area contributed by atoms with Gasteiger partial charge in [0, 0.05) is 12.6 Å². The molecule has 0 spiro atoms. The number of benzene rings is 1. The highest BCUT2D eigenvalue weighted by atomic mass is 16.2. The van der Waals surface area contributed by atoms with E-state index < -0.39 is 0 Å². The predicted octanol–water partition coefficient (Wildman–Crippen LogP) is 1.26. The van der Waals surface area contributed by atoms with Crippen LogP contribution in [-0.2, 0) is 9.59 Å². The minimum atomic E-state index is -0.275. The maximum Gasteiger partial charge on any atom is 0.244 e. The number of likely N-dealkylation sites (N-methyl/N-ethyl adjacent to an activating group) is 1. The fourth-order valence-electron chi connectivity index (χ4n) is 1.43. The van der Waals surface area contributed by atoms with Crippen molar-refractivity contribution in [2.45, 2.75) is 13.8 Å². The van der Waals surface area contributed by atoms with E-state index in [2.05, 4.69) is 10.6 Å². The molecule has 0 atom stereocenters. The Balaban J connectivity index is 2.42. The molecule has 18 heavy (non-hydrogen) atoms. The molecule has 0 saturated heterocycles. The largest absolute Gasteiger partial charge is 0.355 e. The first-order valence-corrected chi connectivity index (χ1v) is 5.91. The van der Waals surface area contributed by atoms with Gasteiger partial charge in [-0.25, -0.2) is 0 Å². The molecule has 0 unspecified atom stereocenters. The average molecular weight is 246 g/mol. The summed E-state index contributed by atoms with van der Waals surface area (Å²) in [4.78, 5) is 22.5. The topological polar surface area (TPSA) is 58.2 Å². The lowest BCUT2D eigenvalue weighted by atomic mass is 10.1. The van der Waals surface area contributed by atoms with Crippen molar-refractivity contribution in [1.29, 1.82) is 0 Å². The van der Waals surface area contributed by atoms with E-state index in [0.717, 1.165) is 11.1 Å². The van der Waals surface area contributed by atoms with Crippen LogP contribution in [0.1, 0.15) is 18.1 Å². The minimum Gasteiger partial charge on any atom is -0.355 e. The quantitative estimate of drug-likeness (QED) is 0.768. The lowest BCUT2D eigenvalue weighted by Crippen LogP contribution is -2.35. The molecule has 0 fully saturated rings. The van der Waals surface area contributed by atoms with Crippen molar-refractivity contribution in [2.24, 2.45) is 0 Å². The molecule has 0 bridgehead atoms. The summed E-state index contributed by atoms with van der Waals surface area (Å²) >= 11 is 0. The first kappa shape index (κ1) is 14.0. The SMILES string of the molecule is CCNC(=O)CNC(=O)/C=C/c1cccc(C)c1. The Morgan fingerprint density at radius 3 is 2.72 bits per heavy atom. The Labute approximate surface area is 107 Å². The summed E-state index contributed by atoms with van der Waals surface area (Å²) in [5, 5.41) is 5.12.